The van der Waals surface area contributed by atoms with E-state index in [1.807, 2.05) is 20.8 Å². The molecule has 0 unspecified atom stereocenters. The van der Waals surface area contributed by atoms with Crippen molar-refractivity contribution in [3.8, 4) is 11.8 Å². The maximum absolute atomic E-state index is 12.0. The summed E-state index contributed by atoms with van der Waals surface area (Å²) in [6.07, 6.45) is 0.443. The minimum Gasteiger partial charge on any atom is -0.489 e. The van der Waals surface area contributed by atoms with Crippen LogP contribution in [-0.4, -0.2) is 35.8 Å². The first-order valence-corrected chi connectivity index (χ1v) is 7.02. The van der Waals surface area contributed by atoms with Gasteiger partial charge in [-0.25, -0.2) is 4.79 Å². The molecule has 0 bridgehead atoms. The van der Waals surface area contributed by atoms with Gasteiger partial charge in [0.1, 0.15) is 17.5 Å². The van der Waals surface area contributed by atoms with Crippen molar-refractivity contribution in [1.29, 1.82) is 5.26 Å². The van der Waals surface area contributed by atoms with Crippen LogP contribution in [-0.2, 0) is 4.74 Å². The predicted octanol–water partition coefficient (Wildman–Crippen LogP) is 2.95. The predicted molar refractivity (Wildman–Crippen MR) is 78.0 cm³/mol. The Labute approximate surface area is 125 Å². The van der Waals surface area contributed by atoms with E-state index in [0.29, 0.717) is 24.4 Å². The summed E-state index contributed by atoms with van der Waals surface area (Å²) < 4.78 is 11.2. The lowest BCUT2D eigenvalue weighted by molar-refractivity contribution is 0.0275. The van der Waals surface area contributed by atoms with Gasteiger partial charge in [-0.1, -0.05) is 0 Å². The Hall–Kier alpha value is -2.22. The number of hydrogen-bond acceptors (Lipinski definition) is 4. The molecule has 1 aromatic carbocycles. The third-order valence-electron chi connectivity index (χ3n) is 3.08. The summed E-state index contributed by atoms with van der Waals surface area (Å²) in [7, 11) is 0. The molecule has 1 atom stereocenters. The van der Waals surface area contributed by atoms with E-state index in [2.05, 4.69) is 6.07 Å². The van der Waals surface area contributed by atoms with Gasteiger partial charge in [0.2, 0.25) is 0 Å². The summed E-state index contributed by atoms with van der Waals surface area (Å²) in [4.78, 5) is 13.6. The second kappa shape index (κ2) is 6.04. The van der Waals surface area contributed by atoms with E-state index in [4.69, 9.17) is 14.7 Å². The molecule has 112 valence electrons. The number of amides is 1. The van der Waals surface area contributed by atoms with Crippen LogP contribution in [0.1, 0.15) is 32.8 Å². The fraction of sp³-hybridized carbons (Fsp3) is 0.500. The van der Waals surface area contributed by atoms with E-state index in [1.54, 1.807) is 29.2 Å². The molecular weight excluding hydrogens is 268 g/mol. The van der Waals surface area contributed by atoms with Gasteiger partial charge in [0.05, 0.1) is 18.2 Å². The molecular formula is C16H20N2O3. The molecule has 1 saturated heterocycles. The van der Waals surface area contributed by atoms with Crippen molar-refractivity contribution >= 4 is 6.09 Å². The van der Waals surface area contributed by atoms with Crippen LogP contribution in [0.3, 0.4) is 0 Å². The molecule has 0 spiro atoms. The van der Waals surface area contributed by atoms with Crippen molar-refractivity contribution in [3.63, 3.8) is 0 Å². The Kier molecular flexibility index (Phi) is 4.37. The third kappa shape index (κ3) is 4.38. The van der Waals surface area contributed by atoms with Crippen molar-refractivity contribution in [2.24, 2.45) is 0 Å². The number of likely N-dealkylation sites (tertiary alicyclic amines) is 1. The number of hydrogen-bond donors (Lipinski definition) is 0. The first-order chi connectivity index (χ1) is 9.87. The zero-order valence-electron chi connectivity index (χ0n) is 12.6. The number of carbonyl (C=O) groups excluding carboxylic acids is 1. The molecule has 1 fully saturated rings. The molecule has 5 heteroatoms. The molecule has 0 saturated carbocycles. The highest BCUT2D eigenvalue weighted by Gasteiger charge is 2.30. The number of rotatable bonds is 2. The lowest BCUT2D eigenvalue weighted by atomic mass is 10.2. The quantitative estimate of drug-likeness (QED) is 0.839. The summed E-state index contributed by atoms with van der Waals surface area (Å²) in [6.45, 7) is 6.72. The number of nitrogens with zero attached hydrogens (tertiary/aromatic N) is 2. The second-order valence-electron chi connectivity index (χ2n) is 6.09. The van der Waals surface area contributed by atoms with Gasteiger partial charge >= 0.3 is 6.09 Å². The van der Waals surface area contributed by atoms with Gasteiger partial charge in [0.15, 0.2) is 0 Å². The highest BCUT2D eigenvalue weighted by Crippen LogP contribution is 2.20. The van der Waals surface area contributed by atoms with Crippen LogP contribution in [0.5, 0.6) is 5.75 Å². The normalized spacial score (nSPS) is 18.2. The third-order valence-corrected chi connectivity index (χ3v) is 3.08. The van der Waals surface area contributed by atoms with Crippen LogP contribution >= 0.6 is 0 Å². The minimum atomic E-state index is -0.483. The average molecular weight is 288 g/mol. The SMILES string of the molecule is CC(C)(C)OC(=O)N1CC[C@H](Oc2ccc(C#N)cc2)C1. The Balaban J connectivity index is 1.87. The molecule has 2 rings (SSSR count). The van der Waals surface area contributed by atoms with Gasteiger partial charge in [-0.05, 0) is 45.0 Å². The van der Waals surface area contributed by atoms with Crippen molar-refractivity contribution in [1.82, 2.24) is 4.90 Å². The minimum absolute atomic E-state index is 0.0366. The Morgan fingerprint density at radius 3 is 2.57 bits per heavy atom. The van der Waals surface area contributed by atoms with Crippen LogP contribution in [0, 0.1) is 11.3 Å². The Bertz CT molecular complexity index is 540. The van der Waals surface area contributed by atoms with Gasteiger partial charge in [0, 0.05) is 13.0 Å². The van der Waals surface area contributed by atoms with Crippen molar-refractivity contribution in [2.45, 2.75) is 38.9 Å². The zero-order chi connectivity index (χ0) is 15.5. The van der Waals surface area contributed by atoms with Gasteiger partial charge in [-0.2, -0.15) is 5.26 Å². The fourth-order valence-electron chi connectivity index (χ4n) is 2.12. The molecule has 1 amide bonds. The monoisotopic (exact) mass is 288 g/mol. The summed E-state index contributed by atoms with van der Waals surface area (Å²) in [5, 5.41) is 8.75. The van der Waals surface area contributed by atoms with Crippen LogP contribution in [0.2, 0.25) is 0 Å². The van der Waals surface area contributed by atoms with E-state index in [1.165, 1.54) is 0 Å². The van der Waals surface area contributed by atoms with Crippen LogP contribution in [0.15, 0.2) is 24.3 Å². The Morgan fingerprint density at radius 2 is 2.00 bits per heavy atom. The van der Waals surface area contributed by atoms with Crippen LogP contribution in [0.25, 0.3) is 0 Å². The molecule has 1 heterocycles. The average Bonchev–Trinajstić information content (AvgIpc) is 2.86. The lowest BCUT2D eigenvalue weighted by Gasteiger charge is -2.24. The largest absolute Gasteiger partial charge is 0.489 e. The molecule has 0 aliphatic carbocycles. The maximum atomic E-state index is 12.0. The summed E-state index contributed by atoms with van der Waals surface area (Å²) in [5.41, 5.74) is 0.118. The summed E-state index contributed by atoms with van der Waals surface area (Å²) in [6, 6.07) is 9.05. The van der Waals surface area contributed by atoms with E-state index in [-0.39, 0.29) is 12.2 Å². The van der Waals surface area contributed by atoms with Crippen molar-refractivity contribution < 1.29 is 14.3 Å². The highest BCUT2D eigenvalue weighted by molar-refractivity contribution is 5.68. The number of nitriles is 1. The molecule has 1 aliphatic rings. The summed E-state index contributed by atoms with van der Waals surface area (Å²) in [5.74, 6) is 0.713. The van der Waals surface area contributed by atoms with Gasteiger partial charge in [-0.3, -0.25) is 0 Å². The van der Waals surface area contributed by atoms with E-state index in [9.17, 15) is 4.79 Å². The van der Waals surface area contributed by atoms with Crippen molar-refractivity contribution in [3.05, 3.63) is 29.8 Å². The van der Waals surface area contributed by atoms with Crippen LogP contribution < -0.4 is 4.74 Å². The second-order valence-corrected chi connectivity index (χ2v) is 6.09. The molecule has 0 N–H and O–H groups in total. The zero-order valence-corrected chi connectivity index (χ0v) is 12.6. The molecule has 1 aliphatic heterocycles. The molecule has 1 aromatic rings. The van der Waals surface area contributed by atoms with Gasteiger partial charge < -0.3 is 14.4 Å². The van der Waals surface area contributed by atoms with E-state index >= 15 is 0 Å². The smallest absolute Gasteiger partial charge is 0.410 e. The van der Waals surface area contributed by atoms with Crippen molar-refractivity contribution in [2.75, 3.05) is 13.1 Å². The van der Waals surface area contributed by atoms with E-state index < -0.39 is 5.60 Å². The molecule has 5 nitrogen and oxygen atoms in total. The molecule has 0 aromatic heterocycles. The van der Waals surface area contributed by atoms with E-state index in [0.717, 1.165) is 6.42 Å². The first kappa shape index (κ1) is 15.2. The molecule has 21 heavy (non-hydrogen) atoms. The highest BCUT2D eigenvalue weighted by atomic mass is 16.6. The van der Waals surface area contributed by atoms with Gasteiger partial charge in [0.25, 0.3) is 0 Å². The topological polar surface area (TPSA) is 62.6 Å². The maximum Gasteiger partial charge on any atom is 0.410 e. The number of ether oxygens (including phenoxy) is 2. The standard InChI is InChI=1S/C16H20N2O3/c1-16(2,3)21-15(19)18-9-8-14(11-18)20-13-6-4-12(10-17)5-7-13/h4-7,14H,8-9,11H2,1-3H3/t14-/m0/s1. The van der Waals surface area contributed by atoms with Gasteiger partial charge in [-0.15, -0.1) is 0 Å². The lowest BCUT2D eigenvalue weighted by Crippen LogP contribution is -2.36. The van der Waals surface area contributed by atoms with Crippen LogP contribution in [0.4, 0.5) is 4.79 Å². The number of carbonyl (C=O) groups is 1. The fourth-order valence-corrected chi connectivity index (χ4v) is 2.12. The number of benzene rings is 1. The Morgan fingerprint density at radius 1 is 1.33 bits per heavy atom. The first-order valence-electron chi connectivity index (χ1n) is 7.02. The molecule has 0 radical (unpaired) electrons. The summed E-state index contributed by atoms with van der Waals surface area (Å²) >= 11 is 0.